The number of anilines is 1. The SMILES string of the molecule is COc1ccc(CNc2ccc(Br)nc2)cc1Cl. The van der Waals surface area contributed by atoms with Crippen molar-refractivity contribution in [1.29, 1.82) is 0 Å². The summed E-state index contributed by atoms with van der Waals surface area (Å²) in [6.45, 7) is 0.688. The van der Waals surface area contributed by atoms with Gasteiger partial charge in [0.25, 0.3) is 0 Å². The maximum absolute atomic E-state index is 6.06. The van der Waals surface area contributed by atoms with Crippen LogP contribution in [-0.2, 0) is 6.54 Å². The number of hydrogen-bond acceptors (Lipinski definition) is 3. The summed E-state index contributed by atoms with van der Waals surface area (Å²) >= 11 is 9.36. The molecule has 0 amide bonds. The van der Waals surface area contributed by atoms with Crippen LogP contribution in [0.5, 0.6) is 5.75 Å². The normalized spacial score (nSPS) is 10.2. The van der Waals surface area contributed by atoms with E-state index in [1.54, 1.807) is 13.3 Å². The molecule has 3 nitrogen and oxygen atoms in total. The van der Waals surface area contributed by atoms with Crippen molar-refractivity contribution in [2.75, 3.05) is 12.4 Å². The summed E-state index contributed by atoms with van der Waals surface area (Å²) in [6, 6.07) is 9.58. The van der Waals surface area contributed by atoms with Crippen molar-refractivity contribution in [3.8, 4) is 5.75 Å². The van der Waals surface area contributed by atoms with Crippen LogP contribution in [0, 0.1) is 0 Å². The number of hydrogen-bond donors (Lipinski definition) is 1. The van der Waals surface area contributed by atoms with Crippen LogP contribution >= 0.6 is 27.5 Å². The highest BCUT2D eigenvalue weighted by Gasteiger charge is 2.01. The second-order valence-corrected chi connectivity index (χ2v) is 4.91. The number of ether oxygens (including phenoxy) is 1. The number of aromatic nitrogens is 1. The summed E-state index contributed by atoms with van der Waals surface area (Å²) < 4.78 is 5.93. The predicted molar refractivity (Wildman–Crippen MR) is 77.3 cm³/mol. The third kappa shape index (κ3) is 3.37. The van der Waals surface area contributed by atoms with Crippen LogP contribution in [0.25, 0.3) is 0 Å². The van der Waals surface area contributed by atoms with Gasteiger partial charge in [0.05, 0.1) is 24.0 Å². The lowest BCUT2D eigenvalue weighted by Gasteiger charge is -2.08. The van der Waals surface area contributed by atoms with Crippen molar-refractivity contribution in [1.82, 2.24) is 4.98 Å². The van der Waals surface area contributed by atoms with Crippen molar-refractivity contribution >= 4 is 33.2 Å². The summed E-state index contributed by atoms with van der Waals surface area (Å²) in [5.74, 6) is 0.686. The molecular formula is C13H12BrClN2O. The van der Waals surface area contributed by atoms with Crippen LogP contribution in [0.2, 0.25) is 5.02 Å². The molecule has 0 radical (unpaired) electrons. The lowest BCUT2D eigenvalue weighted by atomic mass is 10.2. The van der Waals surface area contributed by atoms with Crippen molar-refractivity contribution in [2.24, 2.45) is 0 Å². The van der Waals surface area contributed by atoms with Gasteiger partial charge < -0.3 is 10.1 Å². The first-order valence-electron chi connectivity index (χ1n) is 5.37. The minimum absolute atomic E-state index is 0.616. The third-order valence-corrected chi connectivity index (χ3v) is 3.20. The molecule has 5 heteroatoms. The van der Waals surface area contributed by atoms with Gasteiger partial charge in [-0.1, -0.05) is 17.7 Å². The number of methoxy groups -OCH3 is 1. The molecule has 0 aliphatic rings. The number of rotatable bonds is 4. The Kier molecular flexibility index (Phi) is 4.44. The molecule has 0 spiro atoms. The lowest BCUT2D eigenvalue weighted by Crippen LogP contribution is -2.00. The first kappa shape index (κ1) is 13.2. The molecule has 1 heterocycles. The van der Waals surface area contributed by atoms with E-state index in [4.69, 9.17) is 16.3 Å². The number of benzene rings is 1. The van der Waals surface area contributed by atoms with Gasteiger partial charge in [-0.05, 0) is 45.8 Å². The molecule has 0 atom stereocenters. The maximum Gasteiger partial charge on any atom is 0.137 e. The van der Waals surface area contributed by atoms with Gasteiger partial charge in [-0.2, -0.15) is 0 Å². The van der Waals surface area contributed by atoms with Crippen LogP contribution in [-0.4, -0.2) is 12.1 Å². The van der Waals surface area contributed by atoms with Crippen molar-refractivity contribution in [2.45, 2.75) is 6.54 Å². The fraction of sp³-hybridized carbons (Fsp3) is 0.154. The van der Waals surface area contributed by atoms with Gasteiger partial charge in [0.1, 0.15) is 10.4 Å². The summed E-state index contributed by atoms with van der Waals surface area (Å²) in [4.78, 5) is 4.14. The molecule has 1 N–H and O–H groups in total. The van der Waals surface area contributed by atoms with Gasteiger partial charge in [-0.15, -0.1) is 0 Å². The zero-order valence-corrected chi connectivity index (χ0v) is 12.1. The molecule has 0 aliphatic carbocycles. The fourth-order valence-electron chi connectivity index (χ4n) is 1.50. The topological polar surface area (TPSA) is 34.1 Å². The summed E-state index contributed by atoms with van der Waals surface area (Å²) in [5.41, 5.74) is 2.05. The quantitative estimate of drug-likeness (QED) is 0.858. The highest BCUT2D eigenvalue weighted by Crippen LogP contribution is 2.25. The van der Waals surface area contributed by atoms with E-state index in [9.17, 15) is 0 Å². The minimum Gasteiger partial charge on any atom is -0.495 e. The number of halogens is 2. The zero-order chi connectivity index (χ0) is 13.0. The highest BCUT2D eigenvalue weighted by molar-refractivity contribution is 9.10. The molecule has 0 bridgehead atoms. The van der Waals surface area contributed by atoms with Gasteiger partial charge in [0.2, 0.25) is 0 Å². The van der Waals surface area contributed by atoms with Crippen LogP contribution in [0.1, 0.15) is 5.56 Å². The Balaban J connectivity index is 2.02. The van der Waals surface area contributed by atoms with Gasteiger partial charge in [-0.3, -0.25) is 0 Å². The smallest absolute Gasteiger partial charge is 0.137 e. The Morgan fingerprint density at radius 1 is 1.33 bits per heavy atom. The Labute approximate surface area is 119 Å². The molecule has 2 aromatic rings. The number of pyridine rings is 1. The average Bonchev–Trinajstić information content (AvgIpc) is 2.38. The molecule has 1 aromatic heterocycles. The van der Waals surface area contributed by atoms with E-state index in [-0.39, 0.29) is 0 Å². The second kappa shape index (κ2) is 6.07. The Morgan fingerprint density at radius 2 is 2.17 bits per heavy atom. The zero-order valence-electron chi connectivity index (χ0n) is 9.78. The second-order valence-electron chi connectivity index (χ2n) is 3.69. The van der Waals surface area contributed by atoms with Crippen LogP contribution in [0.4, 0.5) is 5.69 Å². The van der Waals surface area contributed by atoms with E-state index in [1.807, 2.05) is 30.3 Å². The summed E-state index contributed by atoms with van der Waals surface area (Å²) in [6.07, 6.45) is 1.77. The van der Waals surface area contributed by atoms with E-state index in [2.05, 4.69) is 26.2 Å². The molecule has 0 saturated carbocycles. The highest BCUT2D eigenvalue weighted by atomic mass is 79.9. The van der Waals surface area contributed by atoms with E-state index in [1.165, 1.54) is 0 Å². The fourth-order valence-corrected chi connectivity index (χ4v) is 2.02. The van der Waals surface area contributed by atoms with Gasteiger partial charge in [-0.25, -0.2) is 4.98 Å². The van der Waals surface area contributed by atoms with E-state index in [0.29, 0.717) is 17.3 Å². The lowest BCUT2D eigenvalue weighted by molar-refractivity contribution is 0.415. The van der Waals surface area contributed by atoms with E-state index < -0.39 is 0 Å². The van der Waals surface area contributed by atoms with Crippen molar-refractivity contribution < 1.29 is 4.74 Å². The monoisotopic (exact) mass is 326 g/mol. The summed E-state index contributed by atoms with van der Waals surface area (Å²) in [7, 11) is 1.60. The number of nitrogens with zero attached hydrogens (tertiary/aromatic N) is 1. The minimum atomic E-state index is 0.616. The van der Waals surface area contributed by atoms with Crippen molar-refractivity contribution in [3.63, 3.8) is 0 Å². The van der Waals surface area contributed by atoms with Gasteiger partial charge >= 0.3 is 0 Å². The molecular weight excluding hydrogens is 316 g/mol. The molecule has 0 unspecified atom stereocenters. The Hall–Kier alpha value is -1.26. The molecule has 0 fully saturated rings. The molecule has 94 valence electrons. The predicted octanol–water partition coefficient (Wildman–Crippen LogP) is 4.12. The number of nitrogens with one attached hydrogen (secondary N) is 1. The van der Waals surface area contributed by atoms with E-state index >= 15 is 0 Å². The van der Waals surface area contributed by atoms with Crippen LogP contribution < -0.4 is 10.1 Å². The Morgan fingerprint density at radius 3 is 2.78 bits per heavy atom. The van der Waals surface area contributed by atoms with Crippen molar-refractivity contribution in [3.05, 3.63) is 51.7 Å². The molecule has 2 rings (SSSR count). The standard InChI is InChI=1S/C13H12BrClN2O/c1-18-12-4-2-9(6-11(12)15)7-16-10-3-5-13(14)17-8-10/h2-6,8,16H,7H2,1H3. The summed E-state index contributed by atoms with van der Waals surface area (Å²) in [5, 5.41) is 3.89. The average molecular weight is 328 g/mol. The molecule has 0 saturated heterocycles. The van der Waals surface area contributed by atoms with Crippen LogP contribution in [0.15, 0.2) is 41.1 Å². The van der Waals surface area contributed by atoms with Gasteiger partial charge in [0, 0.05) is 6.54 Å². The van der Waals surface area contributed by atoms with Gasteiger partial charge in [0.15, 0.2) is 0 Å². The first-order valence-corrected chi connectivity index (χ1v) is 6.54. The first-order chi connectivity index (χ1) is 8.69. The largest absolute Gasteiger partial charge is 0.495 e. The van der Waals surface area contributed by atoms with E-state index in [0.717, 1.165) is 15.9 Å². The van der Waals surface area contributed by atoms with Crippen LogP contribution in [0.3, 0.4) is 0 Å². The molecule has 18 heavy (non-hydrogen) atoms. The maximum atomic E-state index is 6.06. The molecule has 1 aromatic carbocycles. The molecule has 0 aliphatic heterocycles. The third-order valence-electron chi connectivity index (χ3n) is 2.44. The Bertz CT molecular complexity index is 531.